The smallest absolute Gasteiger partial charge is 0.258 e. The molecule has 5 rings (SSSR count). The van der Waals surface area contributed by atoms with Gasteiger partial charge in [0, 0.05) is 18.9 Å². The molecule has 1 atom stereocenters. The van der Waals surface area contributed by atoms with Crippen LogP contribution in [-0.4, -0.2) is 53.0 Å². The maximum absolute atomic E-state index is 13.2. The monoisotopic (exact) mass is 423 g/mol. The van der Waals surface area contributed by atoms with E-state index in [0.29, 0.717) is 49.1 Å². The normalized spacial score (nSPS) is 18.4. The van der Waals surface area contributed by atoms with E-state index < -0.39 is 0 Å². The largest absolute Gasteiger partial charge is 0.489 e. The summed E-state index contributed by atoms with van der Waals surface area (Å²) in [5.41, 5.74) is 4.64. The molecule has 2 aliphatic heterocycles. The van der Waals surface area contributed by atoms with Crippen molar-refractivity contribution in [2.75, 3.05) is 26.4 Å². The second kappa shape index (κ2) is 7.78. The molecule has 0 spiro atoms. The fourth-order valence-corrected chi connectivity index (χ4v) is 4.34. The molecule has 0 radical (unpaired) electrons. The van der Waals surface area contributed by atoms with Crippen LogP contribution in [0.4, 0.5) is 0 Å². The molecular formula is C23H22ClN3O3. The van der Waals surface area contributed by atoms with Crippen LogP contribution >= 0.6 is 11.6 Å². The van der Waals surface area contributed by atoms with E-state index in [1.807, 2.05) is 47.0 Å². The second-order valence-electron chi connectivity index (χ2n) is 7.68. The predicted octanol–water partition coefficient (Wildman–Crippen LogP) is 3.66. The molecule has 3 aromatic rings. The van der Waals surface area contributed by atoms with E-state index in [2.05, 4.69) is 17.2 Å². The van der Waals surface area contributed by atoms with E-state index in [0.717, 1.165) is 22.4 Å². The highest BCUT2D eigenvalue weighted by atomic mass is 35.5. The topological polar surface area (TPSA) is 56.6 Å². The molecule has 2 aromatic carbocycles. The first-order chi connectivity index (χ1) is 14.6. The Morgan fingerprint density at radius 2 is 2.07 bits per heavy atom. The number of carbonyl (C=O) groups is 1. The molecule has 1 fully saturated rings. The summed E-state index contributed by atoms with van der Waals surface area (Å²) in [4.78, 5) is 15.1. The third-order valence-corrected chi connectivity index (χ3v) is 6.27. The number of aromatic nitrogens is 2. The Bertz CT molecular complexity index is 1080. The molecule has 1 aromatic heterocycles. The zero-order chi connectivity index (χ0) is 20.7. The molecule has 0 unspecified atom stereocenters. The number of amides is 1. The summed E-state index contributed by atoms with van der Waals surface area (Å²) in [6, 6.07) is 12.0. The highest BCUT2D eigenvalue weighted by Crippen LogP contribution is 2.38. The number of fused-ring (bicyclic) bond motifs is 2. The molecule has 0 bridgehead atoms. The third-order valence-electron chi connectivity index (χ3n) is 5.81. The van der Waals surface area contributed by atoms with E-state index in [-0.39, 0.29) is 11.9 Å². The quantitative estimate of drug-likeness (QED) is 0.645. The molecule has 6 nitrogen and oxygen atoms in total. The molecule has 1 amide bonds. The Morgan fingerprint density at radius 1 is 1.23 bits per heavy atom. The first-order valence-electron chi connectivity index (χ1n) is 10.0. The summed E-state index contributed by atoms with van der Waals surface area (Å²) in [6.07, 6.45) is 4.35. The number of morpholine rings is 1. The van der Waals surface area contributed by atoms with Crippen molar-refractivity contribution in [2.45, 2.75) is 19.4 Å². The van der Waals surface area contributed by atoms with Crippen LogP contribution in [0, 0.1) is 6.92 Å². The summed E-state index contributed by atoms with van der Waals surface area (Å²) in [7, 11) is 0. The highest BCUT2D eigenvalue weighted by molar-refractivity contribution is 6.33. The van der Waals surface area contributed by atoms with Crippen molar-refractivity contribution in [3.8, 4) is 11.4 Å². The summed E-state index contributed by atoms with van der Waals surface area (Å²) in [5.74, 6) is 0.458. The van der Waals surface area contributed by atoms with Gasteiger partial charge in [0.15, 0.2) is 5.75 Å². The van der Waals surface area contributed by atoms with Gasteiger partial charge in [-0.2, -0.15) is 5.10 Å². The zero-order valence-electron chi connectivity index (χ0n) is 16.7. The lowest BCUT2D eigenvalue weighted by Crippen LogP contribution is -2.50. The first-order valence-corrected chi connectivity index (χ1v) is 10.4. The molecule has 2 aliphatic rings. The lowest BCUT2D eigenvalue weighted by Gasteiger charge is -2.33. The van der Waals surface area contributed by atoms with E-state index in [4.69, 9.17) is 21.1 Å². The fraction of sp³-hybridized carbons (Fsp3) is 0.304. The van der Waals surface area contributed by atoms with Crippen molar-refractivity contribution in [3.63, 3.8) is 0 Å². The number of nitrogens with zero attached hydrogens (tertiary/aromatic N) is 3. The maximum Gasteiger partial charge on any atom is 0.258 e. The maximum atomic E-state index is 13.2. The fourth-order valence-electron chi connectivity index (χ4n) is 4.06. The molecule has 1 saturated heterocycles. The van der Waals surface area contributed by atoms with Gasteiger partial charge in [0.05, 0.1) is 35.5 Å². The van der Waals surface area contributed by atoms with Crippen LogP contribution in [-0.2, 0) is 11.2 Å². The lowest BCUT2D eigenvalue weighted by molar-refractivity contribution is -0.0109. The zero-order valence-corrected chi connectivity index (χ0v) is 17.4. The van der Waals surface area contributed by atoms with Crippen LogP contribution in [0.25, 0.3) is 5.69 Å². The number of hydrogen-bond donors (Lipinski definition) is 0. The van der Waals surface area contributed by atoms with Crippen LogP contribution in [0.3, 0.4) is 0 Å². The van der Waals surface area contributed by atoms with Gasteiger partial charge in [0.1, 0.15) is 6.61 Å². The average molecular weight is 424 g/mol. The molecule has 0 N–H and O–H groups in total. The number of rotatable bonds is 3. The first kappa shape index (κ1) is 19.2. The van der Waals surface area contributed by atoms with E-state index >= 15 is 0 Å². The Labute approximate surface area is 180 Å². The Morgan fingerprint density at radius 3 is 2.83 bits per heavy atom. The molecule has 0 saturated carbocycles. The van der Waals surface area contributed by atoms with Gasteiger partial charge in [-0.05, 0) is 54.3 Å². The van der Waals surface area contributed by atoms with Crippen molar-refractivity contribution in [2.24, 2.45) is 0 Å². The van der Waals surface area contributed by atoms with Crippen molar-refractivity contribution < 1.29 is 14.3 Å². The van der Waals surface area contributed by atoms with E-state index in [1.54, 1.807) is 6.20 Å². The van der Waals surface area contributed by atoms with Crippen molar-refractivity contribution in [1.82, 2.24) is 14.7 Å². The summed E-state index contributed by atoms with van der Waals surface area (Å²) >= 11 is 6.67. The summed E-state index contributed by atoms with van der Waals surface area (Å²) < 4.78 is 13.3. The van der Waals surface area contributed by atoms with Crippen molar-refractivity contribution in [1.29, 1.82) is 0 Å². The number of halogens is 1. The van der Waals surface area contributed by atoms with Gasteiger partial charge in [-0.3, -0.25) is 4.79 Å². The second-order valence-corrected chi connectivity index (χ2v) is 8.06. The molecule has 3 heterocycles. The van der Waals surface area contributed by atoms with E-state index in [9.17, 15) is 4.79 Å². The molecule has 0 aliphatic carbocycles. The van der Waals surface area contributed by atoms with E-state index in [1.165, 1.54) is 0 Å². The standard InChI is InChI=1S/C23H22ClN3O3/c1-15-17(11-16-3-5-18(6-4-16)27-8-2-7-25-27)12-20-22(21(15)24)30-14-19-13-29-10-9-26(19)23(20)28/h2-8,12,19H,9-11,13-14H2,1H3/t19-/m0/s1. The van der Waals surface area contributed by atoms with Crippen LogP contribution in [0.1, 0.15) is 27.0 Å². The number of carbonyl (C=O) groups excluding carboxylic acids is 1. The van der Waals surface area contributed by atoms with Gasteiger partial charge in [-0.1, -0.05) is 23.7 Å². The minimum atomic E-state index is -0.0756. The van der Waals surface area contributed by atoms with Crippen LogP contribution in [0.5, 0.6) is 5.75 Å². The molecule has 30 heavy (non-hydrogen) atoms. The van der Waals surface area contributed by atoms with Gasteiger partial charge < -0.3 is 14.4 Å². The van der Waals surface area contributed by atoms with Gasteiger partial charge >= 0.3 is 0 Å². The van der Waals surface area contributed by atoms with Crippen LogP contribution < -0.4 is 4.74 Å². The van der Waals surface area contributed by atoms with Crippen LogP contribution in [0.15, 0.2) is 48.8 Å². The Balaban J connectivity index is 1.47. The molecule has 154 valence electrons. The Kier molecular flexibility index (Phi) is 4.97. The van der Waals surface area contributed by atoms with Gasteiger partial charge in [0.25, 0.3) is 5.91 Å². The minimum Gasteiger partial charge on any atom is -0.489 e. The van der Waals surface area contributed by atoms with Gasteiger partial charge in [-0.25, -0.2) is 4.68 Å². The number of hydrogen-bond acceptors (Lipinski definition) is 4. The van der Waals surface area contributed by atoms with Crippen molar-refractivity contribution >= 4 is 17.5 Å². The summed E-state index contributed by atoms with van der Waals surface area (Å²) in [5, 5.41) is 4.78. The SMILES string of the molecule is Cc1c(Cc2ccc(-n3cccn3)cc2)cc2c(c1Cl)OC[C@@H]1COCCN1C2=O. The minimum absolute atomic E-state index is 0.0343. The average Bonchev–Trinajstić information content (AvgIpc) is 3.27. The van der Waals surface area contributed by atoms with Gasteiger partial charge in [0.2, 0.25) is 0 Å². The molecule has 7 heteroatoms. The lowest BCUT2D eigenvalue weighted by atomic mass is 9.96. The van der Waals surface area contributed by atoms with Crippen LogP contribution in [0.2, 0.25) is 5.02 Å². The highest BCUT2D eigenvalue weighted by Gasteiger charge is 2.35. The summed E-state index contributed by atoms with van der Waals surface area (Å²) in [6.45, 7) is 3.98. The number of benzene rings is 2. The molecular weight excluding hydrogens is 402 g/mol. The van der Waals surface area contributed by atoms with Gasteiger partial charge in [-0.15, -0.1) is 0 Å². The third kappa shape index (κ3) is 3.36. The Hall–Kier alpha value is -2.83. The van der Waals surface area contributed by atoms with Crippen molar-refractivity contribution in [3.05, 3.63) is 76.1 Å². The number of ether oxygens (including phenoxy) is 2. The predicted molar refractivity (Wildman–Crippen MR) is 114 cm³/mol.